The van der Waals surface area contributed by atoms with E-state index in [1.54, 1.807) is 11.4 Å². The van der Waals surface area contributed by atoms with Crippen LogP contribution in [0.5, 0.6) is 5.75 Å². The molecule has 5 nitrogen and oxygen atoms in total. The smallest absolute Gasteiger partial charge is 0.217 e. The van der Waals surface area contributed by atoms with E-state index in [9.17, 15) is 8.42 Å². The molecule has 2 saturated heterocycles. The first-order chi connectivity index (χ1) is 11.4. The quantitative estimate of drug-likeness (QED) is 0.834. The molecule has 2 aliphatic rings. The fourth-order valence-corrected chi connectivity index (χ4v) is 6.18. The minimum atomic E-state index is -3.21. The van der Waals surface area contributed by atoms with Crippen molar-refractivity contribution < 1.29 is 13.2 Å². The van der Waals surface area contributed by atoms with E-state index in [0.717, 1.165) is 37.2 Å². The Morgan fingerprint density at radius 1 is 1.25 bits per heavy atom. The maximum atomic E-state index is 13.0. The predicted octanol–water partition coefficient (Wildman–Crippen LogP) is 2.33. The molecule has 1 aromatic carbocycles. The molecule has 2 aliphatic heterocycles. The van der Waals surface area contributed by atoms with Crippen LogP contribution in [0.25, 0.3) is 0 Å². The lowest BCUT2D eigenvalue weighted by atomic mass is 10.0. The van der Waals surface area contributed by atoms with Crippen molar-refractivity contribution in [2.24, 2.45) is 5.92 Å². The second-order valence-electron chi connectivity index (χ2n) is 7.19. The highest BCUT2D eigenvalue weighted by Gasteiger charge is 2.46. The van der Waals surface area contributed by atoms with Gasteiger partial charge in [-0.15, -0.1) is 0 Å². The third-order valence-corrected chi connectivity index (χ3v) is 7.80. The largest absolute Gasteiger partial charge is 0.497 e. The van der Waals surface area contributed by atoms with Crippen LogP contribution in [0, 0.1) is 5.92 Å². The summed E-state index contributed by atoms with van der Waals surface area (Å²) in [7, 11) is -1.58. The molecule has 0 N–H and O–H groups in total. The van der Waals surface area contributed by atoms with Crippen LogP contribution in [-0.4, -0.2) is 55.7 Å². The van der Waals surface area contributed by atoms with Gasteiger partial charge in [-0.1, -0.05) is 12.1 Å². The molecular formula is C18H28N2O3S. The summed E-state index contributed by atoms with van der Waals surface area (Å²) in [5.74, 6) is 1.02. The SMILES string of the molecule is COc1cccc(CN2C[C@H]3CCN(C(C)C)CC[C@H]3S2(=O)=O)c1. The lowest BCUT2D eigenvalue weighted by Crippen LogP contribution is -2.34. The van der Waals surface area contributed by atoms with Crippen LogP contribution in [-0.2, 0) is 16.6 Å². The van der Waals surface area contributed by atoms with E-state index in [1.165, 1.54) is 0 Å². The van der Waals surface area contributed by atoms with Gasteiger partial charge in [0.15, 0.2) is 0 Å². The second kappa shape index (κ2) is 7.02. The van der Waals surface area contributed by atoms with E-state index < -0.39 is 10.0 Å². The van der Waals surface area contributed by atoms with E-state index in [2.05, 4.69) is 18.7 Å². The molecular weight excluding hydrogens is 324 g/mol. The molecule has 3 rings (SSSR count). The summed E-state index contributed by atoms with van der Waals surface area (Å²) in [6, 6.07) is 8.16. The zero-order valence-corrected chi connectivity index (χ0v) is 15.6. The average molecular weight is 353 g/mol. The van der Waals surface area contributed by atoms with E-state index in [0.29, 0.717) is 19.1 Å². The van der Waals surface area contributed by atoms with Gasteiger partial charge >= 0.3 is 0 Å². The van der Waals surface area contributed by atoms with Gasteiger partial charge in [-0.2, -0.15) is 4.31 Å². The summed E-state index contributed by atoms with van der Waals surface area (Å²) < 4.78 is 32.9. The van der Waals surface area contributed by atoms with Gasteiger partial charge in [-0.3, -0.25) is 0 Å². The van der Waals surface area contributed by atoms with Crippen LogP contribution < -0.4 is 4.74 Å². The van der Waals surface area contributed by atoms with E-state index in [-0.39, 0.29) is 11.2 Å². The lowest BCUT2D eigenvalue weighted by molar-refractivity contribution is 0.224. The highest BCUT2D eigenvalue weighted by atomic mass is 32.2. The molecule has 0 amide bonds. The summed E-state index contributed by atoms with van der Waals surface area (Å²) in [5.41, 5.74) is 0.984. The van der Waals surface area contributed by atoms with Crippen molar-refractivity contribution in [3.63, 3.8) is 0 Å². The van der Waals surface area contributed by atoms with E-state index >= 15 is 0 Å². The van der Waals surface area contributed by atoms with Crippen molar-refractivity contribution in [1.82, 2.24) is 9.21 Å². The third-order valence-electron chi connectivity index (χ3n) is 5.42. The van der Waals surface area contributed by atoms with Crippen molar-refractivity contribution in [3.8, 4) is 5.75 Å². The molecule has 0 saturated carbocycles. The minimum Gasteiger partial charge on any atom is -0.497 e. The zero-order chi connectivity index (χ0) is 17.3. The summed E-state index contributed by atoms with van der Waals surface area (Å²) >= 11 is 0. The molecule has 0 spiro atoms. The molecule has 2 heterocycles. The number of sulfonamides is 1. The second-order valence-corrected chi connectivity index (χ2v) is 9.35. The number of methoxy groups -OCH3 is 1. The number of fused-ring (bicyclic) bond motifs is 1. The van der Waals surface area contributed by atoms with Gasteiger partial charge < -0.3 is 9.64 Å². The molecule has 0 bridgehead atoms. The van der Waals surface area contributed by atoms with Crippen LogP contribution >= 0.6 is 0 Å². The number of hydrogen-bond acceptors (Lipinski definition) is 4. The van der Waals surface area contributed by atoms with Crippen molar-refractivity contribution in [1.29, 1.82) is 0 Å². The molecule has 0 aromatic heterocycles. The van der Waals surface area contributed by atoms with Crippen molar-refractivity contribution >= 4 is 10.0 Å². The van der Waals surface area contributed by atoms with Gasteiger partial charge in [0.2, 0.25) is 10.0 Å². The van der Waals surface area contributed by atoms with Gasteiger partial charge in [0.25, 0.3) is 0 Å². The lowest BCUT2D eigenvalue weighted by Gasteiger charge is -2.25. The van der Waals surface area contributed by atoms with E-state index in [4.69, 9.17) is 4.74 Å². The van der Waals surface area contributed by atoms with Gasteiger partial charge in [0, 0.05) is 19.1 Å². The third kappa shape index (κ3) is 3.46. The Bertz CT molecular complexity index is 675. The van der Waals surface area contributed by atoms with Crippen LogP contribution in [0.1, 0.15) is 32.3 Å². The number of benzene rings is 1. The van der Waals surface area contributed by atoms with Crippen molar-refractivity contribution in [2.45, 2.75) is 44.5 Å². The molecule has 0 aliphatic carbocycles. The standard InChI is InChI=1S/C18H28N2O3S/c1-14(2)19-9-7-16-13-20(24(21,22)18(16)8-10-19)12-15-5-4-6-17(11-15)23-3/h4-6,11,14,16,18H,7-10,12-13H2,1-3H3/t16-,18-/m1/s1. The molecule has 0 unspecified atom stereocenters. The predicted molar refractivity (Wildman–Crippen MR) is 95.5 cm³/mol. The first-order valence-corrected chi connectivity index (χ1v) is 10.3. The highest BCUT2D eigenvalue weighted by molar-refractivity contribution is 7.90. The average Bonchev–Trinajstić information content (AvgIpc) is 2.70. The van der Waals surface area contributed by atoms with Crippen LogP contribution in [0.3, 0.4) is 0 Å². The zero-order valence-electron chi connectivity index (χ0n) is 14.8. The van der Waals surface area contributed by atoms with Gasteiger partial charge in [0.1, 0.15) is 5.75 Å². The first-order valence-electron chi connectivity index (χ1n) is 8.77. The topological polar surface area (TPSA) is 49.9 Å². The number of nitrogens with zero attached hydrogens (tertiary/aromatic N) is 2. The number of likely N-dealkylation sites (tertiary alicyclic amines) is 1. The maximum absolute atomic E-state index is 13.0. The number of rotatable bonds is 4. The summed E-state index contributed by atoms with van der Waals surface area (Å²) in [6.45, 7) is 7.35. The van der Waals surface area contributed by atoms with Crippen LogP contribution in [0.4, 0.5) is 0 Å². The van der Waals surface area contributed by atoms with Gasteiger partial charge in [-0.25, -0.2) is 8.42 Å². The monoisotopic (exact) mass is 352 g/mol. The molecule has 2 atom stereocenters. The summed E-state index contributed by atoms with van der Waals surface area (Å²) in [4.78, 5) is 2.40. The van der Waals surface area contributed by atoms with Crippen LogP contribution in [0.2, 0.25) is 0 Å². The Balaban J connectivity index is 1.74. The Hall–Kier alpha value is -1.11. The van der Waals surface area contributed by atoms with Crippen LogP contribution in [0.15, 0.2) is 24.3 Å². The Kier molecular flexibility index (Phi) is 5.18. The Morgan fingerprint density at radius 3 is 2.71 bits per heavy atom. The number of hydrogen-bond donors (Lipinski definition) is 0. The minimum absolute atomic E-state index is 0.216. The Morgan fingerprint density at radius 2 is 2.00 bits per heavy atom. The summed E-state index contributed by atoms with van der Waals surface area (Å²) in [6.07, 6.45) is 1.72. The number of ether oxygens (including phenoxy) is 1. The Labute approximate surface area is 145 Å². The molecule has 6 heteroatoms. The molecule has 134 valence electrons. The normalized spacial score (nSPS) is 27.8. The fraction of sp³-hybridized carbons (Fsp3) is 0.667. The van der Waals surface area contributed by atoms with Gasteiger partial charge in [0.05, 0.1) is 12.4 Å². The molecule has 0 radical (unpaired) electrons. The molecule has 1 aromatic rings. The highest BCUT2D eigenvalue weighted by Crippen LogP contribution is 2.35. The summed E-state index contributed by atoms with van der Waals surface area (Å²) in [5, 5.41) is -0.216. The van der Waals surface area contributed by atoms with Crippen molar-refractivity contribution in [3.05, 3.63) is 29.8 Å². The maximum Gasteiger partial charge on any atom is 0.217 e. The van der Waals surface area contributed by atoms with E-state index in [1.807, 2.05) is 24.3 Å². The molecule has 2 fully saturated rings. The first kappa shape index (κ1) is 17.7. The van der Waals surface area contributed by atoms with Gasteiger partial charge in [-0.05, 0) is 63.4 Å². The van der Waals surface area contributed by atoms with Crippen molar-refractivity contribution in [2.75, 3.05) is 26.7 Å². The fourth-order valence-electron chi connectivity index (χ4n) is 3.96. The molecule has 24 heavy (non-hydrogen) atoms.